The fourth-order valence-electron chi connectivity index (χ4n) is 3.51. The molecule has 1 aliphatic heterocycles. The summed E-state index contributed by atoms with van der Waals surface area (Å²) >= 11 is 6.16. The molecule has 0 radical (unpaired) electrons. The minimum atomic E-state index is -6.13. The van der Waals surface area contributed by atoms with Gasteiger partial charge in [0.1, 0.15) is 5.82 Å². The minimum absolute atomic E-state index is 0.150. The second kappa shape index (κ2) is 7.79. The van der Waals surface area contributed by atoms with E-state index in [0.29, 0.717) is 48.3 Å². The van der Waals surface area contributed by atoms with E-state index < -0.39 is 23.6 Å². The summed E-state index contributed by atoms with van der Waals surface area (Å²) in [4.78, 5) is 8.00. The SMILES string of the molecule is C[C@@H]1CN(c2ncccc2Cl)CCN1c1ccc(C(F)(C(F)(F)F)C(F)(F)F)cc1. The summed E-state index contributed by atoms with van der Waals surface area (Å²) < 4.78 is 91.7. The summed E-state index contributed by atoms with van der Waals surface area (Å²) in [6.45, 7) is 3.24. The summed E-state index contributed by atoms with van der Waals surface area (Å²) in [5.74, 6) is 0.596. The number of pyridine rings is 1. The Hall–Kier alpha value is -2.23. The fraction of sp³-hybridized carbons (Fsp3) is 0.421. The number of halogens is 8. The van der Waals surface area contributed by atoms with E-state index in [-0.39, 0.29) is 6.04 Å². The van der Waals surface area contributed by atoms with Gasteiger partial charge in [-0.05, 0) is 31.2 Å². The monoisotopic (exact) mass is 455 g/mol. The molecule has 0 spiro atoms. The minimum Gasteiger partial charge on any atom is -0.365 e. The van der Waals surface area contributed by atoms with Crippen molar-refractivity contribution in [3.8, 4) is 0 Å². The first kappa shape index (κ1) is 22.5. The average Bonchev–Trinajstić information content (AvgIpc) is 2.66. The van der Waals surface area contributed by atoms with Crippen molar-refractivity contribution in [1.29, 1.82) is 0 Å². The van der Waals surface area contributed by atoms with Crippen molar-refractivity contribution in [1.82, 2.24) is 4.98 Å². The Bertz CT molecular complexity index is 869. The van der Waals surface area contributed by atoms with E-state index in [4.69, 9.17) is 11.6 Å². The third-order valence-electron chi connectivity index (χ3n) is 5.04. The molecule has 11 heteroatoms. The Morgan fingerprint density at radius 3 is 2.03 bits per heavy atom. The Labute approximate surface area is 173 Å². The molecule has 164 valence electrons. The van der Waals surface area contributed by atoms with E-state index in [0.717, 1.165) is 12.1 Å². The molecule has 1 aromatic heterocycles. The second-order valence-electron chi connectivity index (χ2n) is 7.00. The number of piperazine rings is 1. The molecule has 0 saturated carbocycles. The zero-order valence-corrected chi connectivity index (χ0v) is 16.4. The molecular formula is C19H17ClF7N3. The van der Waals surface area contributed by atoms with Gasteiger partial charge >= 0.3 is 18.0 Å². The van der Waals surface area contributed by atoms with E-state index >= 15 is 0 Å². The molecule has 0 bridgehead atoms. The molecular weight excluding hydrogens is 439 g/mol. The molecule has 1 aliphatic rings. The third kappa shape index (κ3) is 3.89. The van der Waals surface area contributed by atoms with Gasteiger partial charge in [0.05, 0.1) is 5.02 Å². The van der Waals surface area contributed by atoms with Gasteiger partial charge in [0, 0.05) is 43.1 Å². The molecule has 30 heavy (non-hydrogen) atoms. The van der Waals surface area contributed by atoms with Gasteiger partial charge in [-0.2, -0.15) is 26.3 Å². The molecule has 0 aliphatic carbocycles. The van der Waals surface area contributed by atoms with Crippen LogP contribution in [-0.4, -0.2) is 43.0 Å². The van der Waals surface area contributed by atoms with Gasteiger partial charge in [0.15, 0.2) is 0 Å². The molecule has 0 amide bonds. The first-order chi connectivity index (χ1) is 13.9. The summed E-state index contributed by atoms with van der Waals surface area (Å²) in [6.07, 6.45) is -10.7. The Morgan fingerprint density at radius 1 is 0.933 bits per heavy atom. The molecule has 1 atom stereocenters. The molecule has 2 aromatic rings. The van der Waals surface area contributed by atoms with Crippen molar-refractivity contribution in [2.45, 2.75) is 31.0 Å². The zero-order valence-electron chi connectivity index (χ0n) is 15.6. The van der Waals surface area contributed by atoms with Gasteiger partial charge in [0.25, 0.3) is 0 Å². The van der Waals surface area contributed by atoms with Crippen molar-refractivity contribution in [2.75, 3.05) is 29.4 Å². The van der Waals surface area contributed by atoms with Crippen LogP contribution in [0.2, 0.25) is 5.02 Å². The average molecular weight is 456 g/mol. The normalized spacial score (nSPS) is 18.6. The summed E-state index contributed by atoms with van der Waals surface area (Å²) in [5, 5.41) is 0.473. The summed E-state index contributed by atoms with van der Waals surface area (Å²) in [5.41, 5.74) is -6.54. The van der Waals surface area contributed by atoms with Crippen LogP contribution in [0.5, 0.6) is 0 Å². The number of alkyl halides is 7. The van der Waals surface area contributed by atoms with Crippen LogP contribution in [0.3, 0.4) is 0 Å². The Kier molecular flexibility index (Phi) is 5.83. The Morgan fingerprint density at radius 2 is 1.53 bits per heavy atom. The highest BCUT2D eigenvalue weighted by atomic mass is 35.5. The smallest absolute Gasteiger partial charge is 0.365 e. The first-order valence-corrected chi connectivity index (χ1v) is 9.29. The van der Waals surface area contributed by atoms with Crippen molar-refractivity contribution in [2.24, 2.45) is 0 Å². The van der Waals surface area contributed by atoms with Crippen molar-refractivity contribution >= 4 is 23.1 Å². The lowest BCUT2D eigenvalue weighted by Gasteiger charge is -2.42. The Balaban J connectivity index is 1.81. The van der Waals surface area contributed by atoms with Crippen LogP contribution in [0.1, 0.15) is 12.5 Å². The van der Waals surface area contributed by atoms with Crippen molar-refractivity contribution < 1.29 is 30.7 Å². The highest BCUT2D eigenvalue weighted by Gasteiger charge is 2.73. The van der Waals surface area contributed by atoms with Gasteiger partial charge in [0.2, 0.25) is 0 Å². The maximum Gasteiger partial charge on any atom is 0.435 e. The molecule has 3 nitrogen and oxygen atoms in total. The van der Waals surface area contributed by atoms with E-state index in [9.17, 15) is 30.7 Å². The number of hydrogen-bond donors (Lipinski definition) is 0. The van der Waals surface area contributed by atoms with Gasteiger partial charge in [-0.3, -0.25) is 0 Å². The zero-order chi connectivity index (χ0) is 22.3. The lowest BCUT2D eigenvalue weighted by atomic mass is 9.94. The number of hydrogen-bond acceptors (Lipinski definition) is 3. The van der Waals surface area contributed by atoms with Crippen LogP contribution < -0.4 is 9.80 Å². The molecule has 0 N–H and O–H groups in total. The number of benzene rings is 1. The third-order valence-corrected chi connectivity index (χ3v) is 5.34. The second-order valence-corrected chi connectivity index (χ2v) is 7.41. The van der Waals surface area contributed by atoms with Crippen LogP contribution in [0, 0.1) is 0 Å². The lowest BCUT2D eigenvalue weighted by molar-refractivity contribution is -0.348. The largest absolute Gasteiger partial charge is 0.435 e. The van der Waals surface area contributed by atoms with Crippen LogP contribution in [0.15, 0.2) is 42.6 Å². The molecule has 1 aromatic carbocycles. The topological polar surface area (TPSA) is 19.4 Å². The predicted octanol–water partition coefficient (Wildman–Crippen LogP) is 5.74. The molecule has 3 rings (SSSR count). The van der Waals surface area contributed by atoms with E-state index in [1.165, 1.54) is 0 Å². The van der Waals surface area contributed by atoms with Crippen molar-refractivity contribution in [3.63, 3.8) is 0 Å². The predicted molar refractivity (Wildman–Crippen MR) is 99.6 cm³/mol. The molecule has 2 heterocycles. The van der Waals surface area contributed by atoms with Gasteiger partial charge in [-0.25, -0.2) is 9.37 Å². The standard InChI is InChI=1S/C19H17ClF7N3/c1-12-11-29(16-15(20)3-2-8-28-16)9-10-30(12)14-6-4-13(5-7-14)17(21,18(22,23)24)19(25,26)27/h2-8,12H,9-11H2,1H3/t12-/m1/s1. The summed E-state index contributed by atoms with van der Waals surface area (Å²) in [6, 6.07) is 6.45. The maximum atomic E-state index is 14.2. The van der Waals surface area contributed by atoms with Crippen LogP contribution in [0.25, 0.3) is 0 Å². The first-order valence-electron chi connectivity index (χ1n) is 8.91. The fourth-order valence-corrected chi connectivity index (χ4v) is 3.76. The maximum absolute atomic E-state index is 14.2. The molecule has 1 saturated heterocycles. The number of rotatable bonds is 3. The molecule has 1 fully saturated rings. The number of nitrogens with zero attached hydrogens (tertiary/aromatic N) is 3. The lowest BCUT2D eigenvalue weighted by Crippen LogP contribution is -2.52. The number of anilines is 2. The van der Waals surface area contributed by atoms with Gasteiger partial charge < -0.3 is 9.80 Å². The van der Waals surface area contributed by atoms with Crippen LogP contribution in [0.4, 0.5) is 42.2 Å². The van der Waals surface area contributed by atoms with Crippen LogP contribution in [-0.2, 0) is 5.67 Å². The van der Waals surface area contributed by atoms with Crippen LogP contribution >= 0.6 is 11.6 Å². The van der Waals surface area contributed by atoms with E-state index in [1.807, 2.05) is 16.7 Å². The highest BCUT2D eigenvalue weighted by Crippen LogP contribution is 2.53. The highest BCUT2D eigenvalue weighted by molar-refractivity contribution is 6.32. The number of aromatic nitrogens is 1. The quantitative estimate of drug-likeness (QED) is 0.550. The van der Waals surface area contributed by atoms with Gasteiger partial charge in [-0.1, -0.05) is 23.7 Å². The van der Waals surface area contributed by atoms with Crippen molar-refractivity contribution in [3.05, 3.63) is 53.2 Å². The summed E-state index contributed by atoms with van der Waals surface area (Å²) in [7, 11) is 0. The van der Waals surface area contributed by atoms with E-state index in [1.54, 1.807) is 18.3 Å². The van der Waals surface area contributed by atoms with Gasteiger partial charge in [-0.15, -0.1) is 0 Å². The van der Waals surface area contributed by atoms with E-state index in [2.05, 4.69) is 4.98 Å². The molecule has 0 unspecified atom stereocenters.